The van der Waals surface area contributed by atoms with E-state index in [-0.39, 0.29) is 24.6 Å². The van der Waals surface area contributed by atoms with Gasteiger partial charge in [0.2, 0.25) is 0 Å². The van der Waals surface area contributed by atoms with E-state index >= 15 is 0 Å². The van der Waals surface area contributed by atoms with Crippen molar-refractivity contribution in [1.29, 1.82) is 0 Å². The number of rotatable bonds is 1. The van der Waals surface area contributed by atoms with Gasteiger partial charge >= 0.3 is 0 Å². The van der Waals surface area contributed by atoms with E-state index in [9.17, 15) is 10.1 Å². The lowest BCUT2D eigenvalue weighted by Gasteiger charge is -2.00. The number of nitrogens with two attached hydrogens (primary N) is 1. The summed E-state index contributed by atoms with van der Waals surface area (Å²) in [5, 5.41) is 19.4. The first-order chi connectivity index (χ1) is 5.54. The fraction of sp³-hybridized carbons (Fsp3) is 0.143. The number of phenols is 1. The molecule has 0 saturated carbocycles. The van der Waals surface area contributed by atoms with Crippen molar-refractivity contribution in [2.24, 2.45) is 0 Å². The first-order valence-corrected chi connectivity index (χ1v) is 3.74. The third-order valence-corrected chi connectivity index (χ3v) is 1.98. The minimum atomic E-state index is -0.651. The molecule has 0 saturated heterocycles. The average Bonchev–Trinajstić information content (AvgIpc) is 2.00. The molecule has 0 heterocycles. The number of nitro benzene ring substituents is 1. The van der Waals surface area contributed by atoms with Gasteiger partial charge in [0.1, 0.15) is 0 Å². The van der Waals surface area contributed by atoms with Gasteiger partial charge in [-0.05, 0) is 22.0 Å². The first-order valence-electron chi connectivity index (χ1n) is 2.95. The summed E-state index contributed by atoms with van der Waals surface area (Å²) in [6.07, 6.45) is 0. The Kier molecular flexibility index (Phi) is 3.68. The third-order valence-electron chi connectivity index (χ3n) is 1.34. The maximum atomic E-state index is 10.3. The summed E-state index contributed by atoms with van der Waals surface area (Å²) in [6.45, 7) is 0. The van der Waals surface area contributed by atoms with E-state index in [0.29, 0.717) is 4.47 Å². The summed E-state index contributed by atoms with van der Waals surface area (Å²) < 4.78 is 0.339. The Hall–Kier alpha value is -1.30. The number of aromatic hydroxyl groups is 1. The second-order valence-corrected chi connectivity index (χ2v) is 2.94. The number of hydrogen-bond donors (Lipinski definition) is 2. The monoisotopic (exact) mass is 248 g/mol. The molecule has 0 bridgehead atoms. The maximum absolute atomic E-state index is 10.3. The van der Waals surface area contributed by atoms with Gasteiger partial charge in [0.15, 0.2) is 11.4 Å². The van der Waals surface area contributed by atoms with E-state index in [0.717, 1.165) is 0 Å². The summed E-state index contributed by atoms with van der Waals surface area (Å²) >= 11 is 2.98. The van der Waals surface area contributed by atoms with Crippen molar-refractivity contribution in [3.05, 3.63) is 26.7 Å². The van der Waals surface area contributed by atoms with Crippen LogP contribution in [-0.4, -0.2) is 10.0 Å². The van der Waals surface area contributed by atoms with Gasteiger partial charge in [-0.3, -0.25) is 10.1 Å². The van der Waals surface area contributed by atoms with E-state index in [1.54, 1.807) is 0 Å². The highest BCUT2D eigenvalue weighted by Gasteiger charge is 2.16. The normalized spacial score (nSPS) is 9.00. The molecule has 0 unspecified atom stereocenters. The predicted octanol–water partition coefficient (Wildman–Crippen LogP) is 2.28. The zero-order valence-electron chi connectivity index (χ0n) is 5.82. The van der Waals surface area contributed by atoms with E-state index in [4.69, 9.17) is 10.8 Å². The number of nitrogens with zero attached hydrogens (tertiary/aromatic N) is 1. The Labute approximate surface area is 83.5 Å². The molecule has 0 fully saturated rings. The number of phenolic OH excluding ortho intramolecular Hbond substituents is 1. The lowest BCUT2D eigenvalue weighted by atomic mass is 10.2. The van der Waals surface area contributed by atoms with Crippen LogP contribution >= 0.6 is 15.9 Å². The lowest BCUT2D eigenvalue weighted by Crippen LogP contribution is -1.95. The number of halogens is 1. The predicted molar refractivity (Wildman–Crippen MR) is 53.6 cm³/mol. The standard InChI is InChI=1S/C6H5BrN2O3.CH4/c7-3-1-2-4(9(11)12)5(8)6(3)10;/h1-2,10H,8H2;1H4. The van der Waals surface area contributed by atoms with Crippen LogP contribution in [0.4, 0.5) is 11.4 Å². The largest absolute Gasteiger partial charge is 0.504 e. The molecule has 0 atom stereocenters. The summed E-state index contributed by atoms with van der Waals surface area (Å²) in [4.78, 5) is 9.63. The molecule has 0 radical (unpaired) electrons. The van der Waals surface area contributed by atoms with Crippen LogP contribution in [0, 0.1) is 10.1 Å². The van der Waals surface area contributed by atoms with E-state index < -0.39 is 4.92 Å². The maximum Gasteiger partial charge on any atom is 0.296 e. The molecule has 0 spiro atoms. The smallest absolute Gasteiger partial charge is 0.296 e. The van der Waals surface area contributed by atoms with E-state index in [1.807, 2.05) is 0 Å². The average molecular weight is 249 g/mol. The highest BCUT2D eigenvalue weighted by molar-refractivity contribution is 9.10. The van der Waals surface area contributed by atoms with Crippen LogP contribution in [0.2, 0.25) is 0 Å². The number of nitro groups is 1. The first kappa shape index (κ1) is 11.7. The molecule has 72 valence electrons. The van der Waals surface area contributed by atoms with Gasteiger partial charge in [-0.15, -0.1) is 0 Å². The Morgan fingerprint density at radius 3 is 2.54 bits per heavy atom. The molecule has 5 nitrogen and oxygen atoms in total. The molecule has 1 rings (SSSR count). The van der Waals surface area contributed by atoms with Gasteiger partial charge in [0.05, 0.1) is 9.40 Å². The molecular weight excluding hydrogens is 240 g/mol. The highest BCUT2D eigenvalue weighted by Crippen LogP contribution is 2.36. The number of anilines is 1. The zero-order chi connectivity index (χ0) is 9.30. The Morgan fingerprint density at radius 2 is 2.08 bits per heavy atom. The second kappa shape index (κ2) is 4.08. The molecule has 13 heavy (non-hydrogen) atoms. The van der Waals surface area contributed by atoms with Crippen LogP contribution in [0.25, 0.3) is 0 Å². The van der Waals surface area contributed by atoms with Gasteiger partial charge in [-0.25, -0.2) is 0 Å². The van der Waals surface area contributed by atoms with Gasteiger partial charge in [0.25, 0.3) is 5.69 Å². The van der Waals surface area contributed by atoms with Crippen LogP contribution in [0.3, 0.4) is 0 Å². The van der Waals surface area contributed by atoms with Crippen molar-refractivity contribution in [1.82, 2.24) is 0 Å². The summed E-state index contributed by atoms with van der Waals surface area (Å²) in [6, 6.07) is 2.59. The van der Waals surface area contributed by atoms with Crippen molar-refractivity contribution in [3.8, 4) is 5.75 Å². The summed E-state index contributed by atoms with van der Waals surface area (Å²) in [5.41, 5.74) is 4.74. The molecule has 0 aliphatic carbocycles. The van der Waals surface area contributed by atoms with Crippen LogP contribution in [0.1, 0.15) is 7.43 Å². The molecule has 0 aliphatic rings. The molecule has 0 aliphatic heterocycles. The van der Waals surface area contributed by atoms with Crippen LogP contribution in [-0.2, 0) is 0 Å². The summed E-state index contributed by atoms with van der Waals surface area (Å²) in [5.74, 6) is -0.302. The molecule has 1 aromatic rings. The SMILES string of the molecule is C.Nc1c([N+](=O)[O-])ccc(Br)c1O. The van der Waals surface area contributed by atoms with Gasteiger partial charge in [0, 0.05) is 6.07 Å². The Balaban J connectivity index is 0.00000144. The highest BCUT2D eigenvalue weighted by atomic mass is 79.9. The molecule has 3 N–H and O–H groups in total. The van der Waals surface area contributed by atoms with E-state index in [2.05, 4.69) is 15.9 Å². The minimum Gasteiger partial charge on any atom is -0.504 e. The van der Waals surface area contributed by atoms with Crippen molar-refractivity contribution in [3.63, 3.8) is 0 Å². The number of nitrogen functional groups attached to an aromatic ring is 1. The van der Waals surface area contributed by atoms with Crippen molar-refractivity contribution in [2.45, 2.75) is 7.43 Å². The van der Waals surface area contributed by atoms with Crippen LogP contribution < -0.4 is 5.73 Å². The van der Waals surface area contributed by atoms with Crippen molar-refractivity contribution in [2.75, 3.05) is 5.73 Å². The molecule has 0 amide bonds. The third kappa shape index (κ3) is 2.09. The minimum absolute atomic E-state index is 0. The Bertz CT molecular complexity index is 341. The topological polar surface area (TPSA) is 89.4 Å². The van der Waals surface area contributed by atoms with Gasteiger partial charge in [-0.1, -0.05) is 7.43 Å². The molecular formula is C7H9BrN2O3. The fourth-order valence-electron chi connectivity index (χ4n) is 0.730. The summed E-state index contributed by atoms with van der Waals surface area (Å²) in [7, 11) is 0. The molecule has 1 aromatic carbocycles. The number of benzene rings is 1. The number of hydrogen-bond acceptors (Lipinski definition) is 4. The van der Waals surface area contributed by atoms with Crippen LogP contribution in [0.15, 0.2) is 16.6 Å². The molecule has 6 heteroatoms. The second-order valence-electron chi connectivity index (χ2n) is 2.09. The Morgan fingerprint density at radius 1 is 1.54 bits per heavy atom. The van der Waals surface area contributed by atoms with Crippen LogP contribution in [0.5, 0.6) is 5.75 Å². The van der Waals surface area contributed by atoms with Gasteiger partial charge in [-0.2, -0.15) is 0 Å². The lowest BCUT2D eigenvalue weighted by molar-refractivity contribution is -0.384. The van der Waals surface area contributed by atoms with E-state index in [1.165, 1.54) is 12.1 Å². The van der Waals surface area contributed by atoms with Crippen molar-refractivity contribution >= 4 is 27.3 Å². The molecule has 0 aromatic heterocycles. The zero-order valence-corrected chi connectivity index (χ0v) is 7.41. The van der Waals surface area contributed by atoms with Gasteiger partial charge < -0.3 is 10.8 Å². The van der Waals surface area contributed by atoms with Crippen molar-refractivity contribution < 1.29 is 10.0 Å². The fourth-order valence-corrected chi connectivity index (χ4v) is 1.08. The quantitative estimate of drug-likeness (QED) is 0.345.